The van der Waals surface area contributed by atoms with E-state index >= 15 is 0 Å². The zero-order valence-corrected chi connectivity index (χ0v) is 18.8. The van der Waals surface area contributed by atoms with Gasteiger partial charge < -0.3 is 14.5 Å². The molecule has 3 aromatic rings. The molecule has 0 unspecified atom stereocenters. The summed E-state index contributed by atoms with van der Waals surface area (Å²) in [5, 5.41) is 12.3. The van der Waals surface area contributed by atoms with Crippen molar-refractivity contribution in [3.8, 4) is 5.75 Å². The molecular weight excluding hydrogens is 437 g/mol. The van der Waals surface area contributed by atoms with Crippen LogP contribution >= 0.6 is 0 Å². The normalized spacial score (nSPS) is 12.5. The highest BCUT2D eigenvalue weighted by atomic mass is 19.4. The number of alkyl halides is 3. The van der Waals surface area contributed by atoms with Gasteiger partial charge in [-0.25, -0.2) is 9.67 Å². The largest absolute Gasteiger partial charge is 0.487 e. The van der Waals surface area contributed by atoms with E-state index in [0.717, 1.165) is 35.4 Å². The molecule has 0 spiro atoms. The van der Waals surface area contributed by atoms with E-state index in [9.17, 15) is 13.2 Å². The maximum atomic E-state index is 12.9. The highest BCUT2D eigenvalue weighted by Gasteiger charge is 2.30. The van der Waals surface area contributed by atoms with Crippen LogP contribution in [0.5, 0.6) is 5.75 Å². The molecule has 8 nitrogen and oxygen atoms in total. The maximum absolute atomic E-state index is 12.9. The first kappa shape index (κ1) is 24.0. The molecule has 0 fully saturated rings. The first-order chi connectivity index (χ1) is 15.7. The van der Waals surface area contributed by atoms with E-state index in [1.165, 1.54) is 19.2 Å². The molecule has 3 rings (SSSR count). The van der Waals surface area contributed by atoms with Gasteiger partial charge in [0.1, 0.15) is 30.7 Å². The van der Waals surface area contributed by atoms with Gasteiger partial charge in [-0.3, -0.25) is 0 Å². The molecule has 0 saturated carbocycles. The van der Waals surface area contributed by atoms with Crippen LogP contribution in [0.2, 0.25) is 0 Å². The molecule has 0 amide bonds. The van der Waals surface area contributed by atoms with Crippen molar-refractivity contribution in [1.82, 2.24) is 19.9 Å². The summed E-state index contributed by atoms with van der Waals surface area (Å²) < 4.78 is 45.9. The number of halogens is 3. The molecule has 0 saturated heterocycles. The molecule has 0 bridgehead atoms. The SMILES string of the molecule is CCN(C)C=Nc1cc2nnn(CC(COc3cccc(C(F)(F)F)c3)=NOC)c2cc1C. The van der Waals surface area contributed by atoms with Gasteiger partial charge in [-0.15, -0.1) is 5.10 Å². The van der Waals surface area contributed by atoms with Crippen LogP contribution in [0.25, 0.3) is 11.0 Å². The molecular formula is C22H25F3N6O2. The highest BCUT2D eigenvalue weighted by Crippen LogP contribution is 2.31. The summed E-state index contributed by atoms with van der Waals surface area (Å²) in [5.74, 6) is 0.0764. The van der Waals surface area contributed by atoms with Gasteiger partial charge >= 0.3 is 6.18 Å². The third-order valence-electron chi connectivity index (χ3n) is 4.84. The first-order valence-corrected chi connectivity index (χ1v) is 10.2. The van der Waals surface area contributed by atoms with Crippen LogP contribution in [0, 0.1) is 6.92 Å². The van der Waals surface area contributed by atoms with E-state index in [1.807, 2.05) is 37.9 Å². The zero-order valence-electron chi connectivity index (χ0n) is 18.8. The Labute approximate surface area is 189 Å². The van der Waals surface area contributed by atoms with Gasteiger partial charge in [0.25, 0.3) is 0 Å². The fourth-order valence-electron chi connectivity index (χ4n) is 2.94. The first-order valence-electron chi connectivity index (χ1n) is 10.2. The number of aliphatic imine (C=N–C) groups is 1. The smallest absolute Gasteiger partial charge is 0.416 e. The number of aromatic nitrogens is 3. The summed E-state index contributed by atoms with van der Waals surface area (Å²) in [6, 6.07) is 8.44. The van der Waals surface area contributed by atoms with E-state index in [4.69, 9.17) is 9.57 Å². The van der Waals surface area contributed by atoms with Crippen LogP contribution in [0.4, 0.5) is 18.9 Å². The second-order valence-corrected chi connectivity index (χ2v) is 7.35. The molecule has 0 radical (unpaired) electrons. The number of fused-ring (bicyclic) bond motifs is 1. The zero-order chi connectivity index (χ0) is 24.0. The van der Waals surface area contributed by atoms with Gasteiger partial charge in [-0.05, 0) is 49.7 Å². The fraction of sp³-hybridized carbons (Fsp3) is 0.364. The third-order valence-corrected chi connectivity index (χ3v) is 4.84. The summed E-state index contributed by atoms with van der Waals surface area (Å²) in [6.07, 6.45) is -2.69. The van der Waals surface area contributed by atoms with Crippen molar-refractivity contribution in [3.63, 3.8) is 0 Å². The van der Waals surface area contributed by atoms with Gasteiger partial charge in [-0.2, -0.15) is 13.2 Å². The topological polar surface area (TPSA) is 77.1 Å². The Balaban J connectivity index is 1.77. The second-order valence-electron chi connectivity index (χ2n) is 7.35. The number of rotatable bonds is 9. The van der Waals surface area contributed by atoms with Crippen molar-refractivity contribution in [1.29, 1.82) is 0 Å². The predicted octanol–water partition coefficient (Wildman–Crippen LogP) is 4.45. The van der Waals surface area contributed by atoms with Gasteiger partial charge in [0, 0.05) is 13.6 Å². The molecule has 1 aromatic heterocycles. The van der Waals surface area contributed by atoms with E-state index in [1.54, 1.807) is 11.0 Å². The number of oxime groups is 1. The van der Waals surface area contributed by atoms with Crippen molar-refractivity contribution in [2.45, 2.75) is 26.6 Å². The maximum Gasteiger partial charge on any atom is 0.416 e. The Morgan fingerprint density at radius 3 is 2.73 bits per heavy atom. The van der Waals surface area contributed by atoms with E-state index in [-0.39, 0.29) is 18.9 Å². The minimum atomic E-state index is -4.45. The average Bonchev–Trinajstić information content (AvgIpc) is 3.16. The van der Waals surface area contributed by atoms with E-state index in [0.29, 0.717) is 11.2 Å². The number of aryl methyl sites for hydroxylation is 1. The van der Waals surface area contributed by atoms with Gasteiger partial charge in [0.15, 0.2) is 0 Å². The Hall–Kier alpha value is -3.63. The van der Waals surface area contributed by atoms with Gasteiger partial charge in [-0.1, -0.05) is 16.4 Å². The molecule has 11 heteroatoms. The van der Waals surface area contributed by atoms with Gasteiger partial charge in [0.05, 0.1) is 29.7 Å². The number of hydrogen-bond donors (Lipinski definition) is 0. The number of benzene rings is 2. The van der Waals surface area contributed by atoms with Crippen LogP contribution in [0.1, 0.15) is 18.1 Å². The molecule has 0 aliphatic rings. The Morgan fingerprint density at radius 1 is 1.24 bits per heavy atom. The van der Waals surface area contributed by atoms with Crippen molar-refractivity contribution in [3.05, 3.63) is 47.5 Å². The minimum Gasteiger partial charge on any atom is -0.487 e. The molecule has 176 valence electrons. The lowest BCUT2D eigenvalue weighted by Gasteiger charge is -2.12. The van der Waals surface area contributed by atoms with Crippen molar-refractivity contribution in [2.24, 2.45) is 10.1 Å². The van der Waals surface area contributed by atoms with Crippen LogP contribution < -0.4 is 4.74 Å². The average molecular weight is 462 g/mol. The molecule has 0 N–H and O–H groups in total. The minimum absolute atomic E-state index is 0.0764. The lowest BCUT2D eigenvalue weighted by atomic mass is 10.2. The summed E-state index contributed by atoms with van der Waals surface area (Å²) in [4.78, 5) is 11.3. The van der Waals surface area contributed by atoms with Crippen LogP contribution in [0.3, 0.4) is 0 Å². The predicted molar refractivity (Wildman–Crippen MR) is 120 cm³/mol. The van der Waals surface area contributed by atoms with Crippen molar-refractivity contribution >= 4 is 28.8 Å². The van der Waals surface area contributed by atoms with Crippen LogP contribution in [-0.4, -0.2) is 59.3 Å². The molecule has 0 atom stereocenters. The van der Waals surface area contributed by atoms with Gasteiger partial charge in [0.2, 0.25) is 0 Å². The Morgan fingerprint density at radius 2 is 2.03 bits per heavy atom. The Bertz CT molecular complexity index is 1160. The number of hydrogen-bond acceptors (Lipinski definition) is 6. The quantitative estimate of drug-likeness (QED) is 0.267. The Kier molecular flexibility index (Phi) is 7.52. The second kappa shape index (κ2) is 10.3. The molecule has 33 heavy (non-hydrogen) atoms. The van der Waals surface area contributed by atoms with E-state index in [2.05, 4.69) is 20.5 Å². The third kappa shape index (κ3) is 6.21. The summed E-state index contributed by atoms with van der Waals surface area (Å²) in [7, 11) is 3.32. The van der Waals surface area contributed by atoms with Crippen molar-refractivity contribution < 1.29 is 22.7 Å². The number of nitrogens with zero attached hydrogens (tertiary/aromatic N) is 6. The monoisotopic (exact) mass is 462 g/mol. The lowest BCUT2D eigenvalue weighted by molar-refractivity contribution is -0.137. The van der Waals surface area contributed by atoms with Crippen LogP contribution in [0.15, 0.2) is 46.5 Å². The van der Waals surface area contributed by atoms with E-state index < -0.39 is 11.7 Å². The van der Waals surface area contributed by atoms with Crippen LogP contribution in [-0.2, 0) is 17.6 Å². The summed E-state index contributed by atoms with van der Waals surface area (Å²) in [5.41, 5.74) is 2.78. The lowest BCUT2D eigenvalue weighted by Crippen LogP contribution is -2.20. The summed E-state index contributed by atoms with van der Waals surface area (Å²) in [6.45, 7) is 4.91. The molecule has 1 heterocycles. The molecule has 0 aliphatic carbocycles. The fourth-order valence-corrected chi connectivity index (χ4v) is 2.94. The number of ether oxygens (including phenoxy) is 1. The highest BCUT2D eigenvalue weighted by molar-refractivity contribution is 5.87. The molecule has 0 aliphatic heterocycles. The standard InChI is InChI=1S/C22H25F3N6O2/c1-5-30(3)14-26-19-11-20-21(9-15(19)2)31(29-27-20)12-17(28-32-4)13-33-18-8-6-7-16(10-18)22(23,24)25/h6-11,14H,5,12-13H2,1-4H3. The van der Waals surface area contributed by atoms with Crippen molar-refractivity contribution in [2.75, 3.05) is 27.3 Å². The molecule has 2 aromatic carbocycles. The summed E-state index contributed by atoms with van der Waals surface area (Å²) >= 11 is 0.